The van der Waals surface area contributed by atoms with Crippen LogP contribution in [-0.2, 0) is 4.74 Å². The predicted octanol–water partition coefficient (Wildman–Crippen LogP) is 2.81. The zero-order valence-corrected chi connectivity index (χ0v) is 12.4. The van der Waals surface area contributed by atoms with Gasteiger partial charge in [0, 0.05) is 17.3 Å². The molecule has 6 nitrogen and oxygen atoms in total. The Morgan fingerprint density at radius 3 is 2.78 bits per heavy atom. The summed E-state index contributed by atoms with van der Waals surface area (Å²) in [5, 5.41) is 0.646. The lowest BCUT2D eigenvalue weighted by Gasteiger charge is -2.04. The largest absolute Gasteiger partial charge is 0.451 e. The molecule has 1 N–H and O–H groups in total. The summed E-state index contributed by atoms with van der Waals surface area (Å²) in [4.78, 5) is 38.4. The van der Waals surface area contributed by atoms with E-state index in [2.05, 4.69) is 4.98 Å². The van der Waals surface area contributed by atoms with E-state index in [1.807, 2.05) is 0 Å². The zero-order valence-electron chi connectivity index (χ0n) is 11.7. The van der Waals surface area contributed by atoms with Gasteiger partial charge in [0.1, 0.15) is 5.58 Å². The van der Waals surface area contributed by atoms with Gasteiger partial charge in [0.05, 0.1) is 11.1 Å². The fourth-order valence-corrected chi connectivity index (χ4v) is 2.18. The highest BCUT2D eigenvalue weighted by molar-refractivity contribution is 6.31. The molecule has 0 fully saturated rings. The topological polar surface area (TPSA) is 89.4 Å². The first-order valence-corrected chi connectivity index (χ1v) is 6.99. The molecule has 0 unspecified atom stereocenters. The van der Waals surface area contributed by atoms with Gasteiger partial charge in [-0.3, -0.25) is 9.59 Å². The molecule has 2 heterocycles. The predicted molar refractivity (Wildman–Crippen MR) is 82.9 cm³/mol. The van der Waals surface area contributed by atoms with Gasteiger partial charge in [0.2, 0.25) is 11.5 Å². The van der Waals surface area contributed by atoms with Crippen LogP contribution in [0.25, 0.3) is 11.0 Å². The monoisotopic (exact) mass is 331 g/mol. The summed E-state index contributed by atoms with van der Waals surface area (Å²) >= 11 is 5.81. The van der Waals surface area contributed by atoms with Crippen LogP contribution in [0.3, 0.4) is 0 Å². The second kappa shape index (κ2) is 6.10. The van der Waals surface area contributed by atoms with Crippen LogP contribution in [0.5, 0.6) is 0 Å². The summed E-state index contributed by atoms with van der Waals surface area (Å²) in [6.45, 7) is -0.457. The lowest BCUT2D eigenvalue weighted by atomic mass is 10.2. The van der Waals surface area contributed by atoms with Crippen molar-refractivity contribution in [3.05, 3.63) is 69.3 Å². The van der Waals surface area contributed by atoms with Gasteiger partial charge in [-0.1, -0.05) is 11.6 Å². The molecule has 0 atom stereocenters. The van der Waals surface area contributed by atoms with E-state index >= 15 is 0 Å². The first kappa shape index (κ1) is 15.1. The Morgan fingerprint density at radius 2 is 2.04 bits per heavy atom. The third-order valence-electron chi connectivity index (χ3n) is 3.12. The number of esters is 1. The molecule has 3 rings (SSSR count). The van der Waals surface area contributed by atoms with E-state index in [-0.39, 0.29) is 16.7 Å². The van der Waals surface area contributed by atoms with Crippen molar-refractivity contribution in [2.75, 3.05) is 6.61 Å². The Kier molecular flexibility index (Phi) is 3.99. The minimum atomic E-state index is -0.890. The van der Waals surface area contributed by atoms with Gasteiger partial charge in [-0.2, -0.15) is 0 Å². The summed E-state index contributed by atoms with van der Waals surface area (Å²) in [6, 6.07) is 8.71. The standard InChI is InChI=1S/C16H10ClNO5/c17-9-3-4-14-10(6-9)12(19)7-15(23-14)16(21)22-8-13(20)11-2-1-5-18-11/h1-7,18H,8H2. The lowest BCUT2D eigenvalue weighted by molar-refractivity contribution is 0.0443. The normalized spacial score (nSPS) is 10.7. The second-order valence-corrected chi connectivity index (χ2v) is 5.13. The van der Waals surface area contributed by atoms with Gasteiger partial charge in [0.25, 0.3) is 0 Å². The minimum Gasteiger partial charge on any atom is -0.451 e. The van der Waals surface area contributed by atoms with Crippen LogP contribution in [0, 0.1) is 0 Å². The lowest BCUT2D eigenvalue weighted by Crippen LogP contribution is -2.16. The van der Waals surface area contributed by atoms with Crippen molar-refractivity contribution < 1.29 is 18.7 Å². The molecular weight excluding hydrogens is 322 g/mol. The first-order valence-electron chi connectivity index (χ1n) is 6.62. The van der Waals surface area contributed by atoms with Crippen LogP contribution in [0.2, 0.25) is 5.02 Å². The average molecular weight is 332 g/mol. The summed E-state index contributed by atoms with van der Waals surface area (Å²) in [5.74, 6) is -1.55. The van der Waals surface area contributed by atoms with E-state index < -0.39 is 23.8 Å². The third kappa shape index (κ3) is 3.17. The maximum absolute atomic E-state index is 12.0. The van der Waals surface area contributed by atoms with Crippen molar-refractivity contribution in [2.24, 2.45) is 0 Å². The summed E-state index contributed by atoms with van der Waals surface area (Å²) in [5.41, 5.74) is 0.119. The maximum Gasteiger partial charge on any atom is 0.374 e. The number of ketones is 1. The van der Waals surface area contributed by atoms with E-state index in [0.29, 0.717) is 10.7 Å². The van der Waals surface area contributed by atoms with E-state index in [9.17, 15) is 14.4 Å². The Labute approximate surface area is 134 Å². The molecule has 0 amide bonds. The fourth-order valence-electron chi connectivity index (χ4n) is 2.01. The first-order chi connectivity index (χ1) is 11.0. The molecule has 0 aliphatic rings. The number of H-pyrrole nitrogens is 1. The van der Waals surface area contributed by atoms with E-state index in [1.165, 1.54) is 18.2 Å². The fraction of sp³-hybridized carbons (Fsp3) is 0.0625. The van der Waals surface area contributed by atoms with Crippen LogP contribution in [0.4, 0.5) is 0 Å². The van der Waals surface area contributed by atoms with Crippen molar-refractivity contribution in [1.29, 1.82) is 0 Å². The van der Waals surface area contributed by atoms with E-state index in [1.54, 1.807) is 18.3 Å². The van der Waals surface area contributed by atoms with Gasteiger partial charge < -0.3 is 14.1 Å². The summed E-state index contributed by atoms with van der Waals surface area (Å²) in [7, 11) is 0. The van der Waals surface area contributed by atoms with Crippen LogP contribution in [0.15, 0.2) is 51.8 Å². The molecule has 0 spiro atoms. The van der Waals surface area contributed by atoms with Gasteiger partial charge in [-0.15, -0.1) is 0 Å². The molecule has 0 saturated heterocycles. The SMILES string of the molecule is O=C(COC(=O)c1cc(=O)c2cc(Cl)ccc2o1)c1ccc[nH]1. The van der Waals surface area contributed by atoms with Gasteiger partial charge >= 0.3 is 5.97 Å². The average Bonchev–Trinajstić information content (AvgIpc) is 3.07. The highest BCUT2D eigenvalue weighted by Gasteiger charge is 2.16. The number of Topliss-reactive ketones (excluding diaryl/α,β-unsaturated/α-hetero) is 1. The Balaban J connectivity index is 1.80. The number of carbonyl (C=O) groups is 2. The number of carbonyl (C=O) groups excluding carboxylic acids is 2. The van der Waals surface area contributed by atoms with E-state index in [0.717, 1.165) is 6.07 Å². The number of hydrogen-bond donors (Lipinski definition) is 1. The van der Waals surface area contributed by atoms with Crippen molar-refractivity contribution in [1.82, 2.24) is 4.98 Å². The van der Waals surface area contributed by atoms with Crippen LogP contribution in [-0.4, -0.2) is 23.3 Å². The Hall–Kier alpha value is -2.86. The number of aromatic amines is 1. The molecule has 0 aliphatic carbocycles. The molecule has 1 aromatic carbocycles. The number of halogens is 1. The zero-order chi connectivity index (χ0) is 16.4. The molecule has 0 bridgehead atoms. The van der Waals surface area contributed by atoms with Gasteiger partial charge in [-0.05, 0) is 30.3 Å². The molecule has 0 radical (unpaired) electrons. The highest BCUT2D eigenvalue weighted by Crippen LogP contribution is 2.18. The molecule has 7 heteroatoms. The molecule has 23 heavy (non-hydrogen) atoms. The molecule has 0 aliphatic heterocycles. The highest BCUT2D eigenvalue weighted by atomic mass is 35.5. The number of benzene rings is 1. The van der Waals surface area contributed by atoms with Gasteiger partial charge in [0.15, 0.2) is 12.0 Å². The van der Waals surface area contributed by atoms with Crippen molar-refractivity contribution >= 4 is 34.3 Å². The van der Waals surface area contributed by atoms with Crippen LogP contribution >= 0.6 is 11.6 Å². The number of fused-ring (bicyclic) bond motifs is 1. The molecule has 116 valence electrons. The molecule has 0 saturated carbocycles. The second-order valence-electron chi connectivity index (χ2n) is 4.70. The molecule has 3 aromatic rings. The minimum absolute atomic E-state index is 0.213. The third-order valence-corrected chi connectivity index (χ3v) is 3.36. The van der Waals surface area contributed by atoms with Crippen molar-refractivity contribution in [3.8, 4) is 0 Å². The number of nitrogens with one attached hydrogen (secondary N) is 1. The molecule has 2 aromatic heterocycles. The number of aromatic nitrogens is 1. The van der Waals surface area contributed by atoms with Crippen molar-refractivity contribution in [2.45, 2.75) is 0 Å². The number of rotatable bonds is 4. The van der Waals surface area contributed by atoms with Crippen molar-refractivity contribution in [3.63, 3.8) is 0 Å². The molecular formula is C16H10ClNO5. The smallest absolute Gasteiger partial charge is 0.374 e. The van der Waals surface area contributed by atoms with Crippen LogP contribution < -0.4 is 5.43 Å². The number of hydrogen-bond acceptors (Lipinski definition) is 5. The Bertz CT molecular complexity index is 943. The van der Waals surface area contributed by atoms with Crippen LogP contribution in [0.1, 0.15) is 21.0 Å². The summed E-state index contributed by atoms with van der Waals surface area (Å²) in [6.07, 6.45) is 1.59. The Morgan fingerprint density at radius 1 is 1.22 bits per heavy atom. The summed E-state index contributed by atoms with van der Waals surface area (Å²) < 4.78 is 10.2. The maximum atomic E-state index is 12.0. The van der Waals surface area contributed by atoms with Gasteiger partial charge in [-0.25, -0.2) is 4.79 Å². The van der Waals surface area contributed by atoms with E-state index in [4.69, 9.17) is 20.8 Å². The quantitative estimate of drug-likeness (QED) is 0.586. The number of ether oxygens (including phenoxy) is 1.